The van der Waals surface area contributed by atoms with Crippen molar-refractivity contribution in [2.45, 2.75) is 24.3 Å². The van der Waals surface area contributed by atoms with Crippen LogP contribution in [0.15, 0.2) is 53.4 Å². The third-order valence-corrected chi connectivity index (χ3v) is 5.40. The number of hydrogen-bond acceptors (Lipinski definition) is 4. The van der Waals surface area contributed by atoms with E-state index in [1.54, 1.807) is 25.1 Å². The number of carbonyl (C=O) groups excluding carboxylic acids is 1. The number of ether oxygens (including phenoxy) is 1. The van der Waals surface area contributed by atoms with Crippen molar-refractivity contribution in [1.29, 1.82) is 0 Å². The second-order valence-corrected chi connectivity index (χ2v) is 7.71. The molecule has 0 spiro atoms. The molecule has 8 heteroatoms. The molecule has 0 radical (unpaired) electrons. The molecule has 2 N–H and O–H groups in total. The Labute approximate surface area is 152 Å². The zero-order valence-corrected chi connectivity index (χ0v) is 15.6. The predicted molar refractivity (Wildman–Crippen MR) is 96.7 cm³/mol. The number of rotatable bonds is 7. The second kappa shape index (κ2) is 7.94. The quantitative estimate of drug-likeness (QED) is 0.773. The zero-order valence-electron chi connectivity index (χ0n) is 14.7. The summed E-state index contributed by atoms with van der Waals surface area (Å²) in [6, 6.07) is 11.8. The number of amides is 1. The van der Waals surface area contributed by atoms with Gasteiger partial charge in [0.25, 0.3) is 0 Å². The molecular weight excluding hydrogens is 359 g/mol. The van der Waals surface area contributed by atoms with E-state index >= 15 is 0 Å². The minimum atomic E-state index is -3.83. The lowest BCUT2D eigenvalue weighted by molar-refractivity contribution is -0.114. The fourth-order valence-electron chi connectivity index (χ4n) is 2.40. The number of anilines is 1. The fourth-order valence-corrected chi connectivity index (χ4v) is 3.53. The summed E-state index contributed by atoms with van der Waals surface area (Å²) in [6.45, 7) is 2.81. The van der Waals surface area contributed by atoms with Crippen LogP contribution >= 0.6 is 0 Å². The Balaban J connectivity index is 2.18. The number of carbonyl (C=O) groups is 1. The minimum absolute atomic E-state index is 0.0265. The SMILES string of the molecule is COC(C)(CNS(=O)(=O)c1ccc(NC(C)=O)cc1)c1ccccc1F. The van der Waals surface area contributed by atoms with Crippen molar-refractivity contribution in [3.8, 4) is 0 Å². The first-order valence-electron chi connectivity index (χ1n) is 7.85. The molecule has 6 nitrogen and oxygen atoms in total. The maximum absolute atomic E-state index is 14.1. The average molecular weight is 380 g/mol. The largest absolute Gasteiger partial charge is 0.372 e. The highest BCUT2D eigenvalue weighted by atomic mass is 32.2. The molecule has 26 heavy (non-hydrogen) atoms. The third-order valence-electron chi connectivity index (χ3n) is 3.98. The van der Waals surface area contributed by atoms with Crippen molar-refractivity contribution < 1.29 is 22.3 Å². The molecule has 0 saturated carbocycles. The van der Waals surface area contributed by atoms with E-state index in [-0.39, 0.29) is 22.9 Å². The Morgan fingerprint density at radius 2 is 1.77 bits per heavy atom. The molecule has 140 valence electrons. The molecule has 1 unspecified atom stereocenters. The van der Waals surface area contributed by atoms with Crippen LogP contribution in [0.2, 0.25) is 0 Å². The van der Waals surface area contributed by atoms with E-state index in [2.05, 4.69) is 10.0 Å². The van der Waals surface area contributed by atoms with E-state index in [1.807, 2.05) is 0 Å². The number of nitrogens with one attached hydrogen (secondary N) is 2. The van der Waals surface area contributed by atoms with Gasteiger partial charge in [-0.15, -0.1) is 0 Å². The summed E-state index contributed by atoms with van der Waals surface area (Å²) in [7, 11) is -2.44. The van der Waals surface area contributed by atoms with Gasteiger partial charge in [-0.05, 0) is 37.3 Å². The molecule has 2 aromatic carbocycles. The van der Waals surface area contributed by atoms with E-state index in [0.717, 1.165) is 0 Å². The third kappa shape index (κ3) is 4.66. The predicted octanol–water partition coefficient (Wildman–Crippen LogP) is 2.62. The molecule has 0 heterocycles. The Bertz CT molecular complexity index is 884. The van der Waals surface area contributed by atoms with Crippen LogP contribution in [-0.4, -0.2) is 28.0 Å². The molecule has 0 aliphatic rings. The molecule has 1 atom stereocenters. The summed E-state index contributed by atoms with van der Waals surface area (Å²) in [6.07, 6.45) is 0. The normalized spacial score (nSPS) is 13.8. The Morgan fingerprint density at radius 1 is 1.15 bits per heavy atom. The van der Waals surface area contributed by atoms with Crippen molar-refractivity contribution in [2.24, 2.45) is 0 Å². The van der Waals surface area contributed by atoms with E-state index in [0.29, 0.717) is 5.69 Å². The van der Waals surface area contributed by atoms with Gasteiger partial charge in [-0.1, -0.05) is 18.2 Å². The lowest BCUT2D eigenvalue weighted by atomic mass is 9.95. The van der Waals surface area contributed by atoms with E-state index < -0.39 is 21.4 Å². The highest BCUT2D eigenvalue weighted by molar-refractivity contribution is 7.89. The summed E-state index contributed by atoms with van der Waals surface area (Å²) < 4.78 is 46.9. The zero-order chi connectivity index (χ0) is 19.4. The first-order chi connectivity index (χ1) is 12.2. The molecule has 1 amide bonds. The highest BCUT2D eigenvalue weighted by Crippen LogP contribution is 2.27. The summed E-state index contributed by atoms with van der Waals surface area (Å²) in [4.78, 5) is 11.0. The van der Waals surface area contributed by atoms with Gasteiger partial charge in [0.1, 0.15) is 11.4 Å². The van der Waals surface area contributed by atoms with Gasteiger partial charge in [0, 0.05) is 31.8 Å². The van der Waals surface area contributed by atoms with Crippen molar-refractivity contribution in [3.63, 3.8) is 0 Å². The van der Waals surface area contributed by atoms with Gasteiger partial charge in [-0.25, -0.2) is 17.5 Å². The van der Waals surface area contributed by atoms with Gasteiger partial charge < -0.3 is 10.1 Å². The van der Waals surface area contributed by atoms with Gasteiger partial charge in [0.2, 0.25) is 15.9 Å². The second-order valence-electron chi connectivity index (χ2n) is 5.94. The number of hydrogen-bond donors (Lipinski definition) is 2. The Kier molecular flexibility index (Phi) is 6.12. The summed E-state index contributed by atoms with van der Waals surface area (Å²) >= 11 is 0. The van der Waals surface area contributed by atoms with Crippen molar-refractivity contribution in [1.82, 2.24) is 4.72 Å². The highest BCUT2D eigenvalue weighted by Gasteiger charge is 2.31. The lowest BCUT2D eigenvalue weighted by Crippen LogP contribution is -2.40. The van der Waals surface area contributed by atoms with Crippen LogP contribution in [0.3, 0.4) is 0 Å². The Hall–Kier alpha value is -2.29. The van der Waals surface area contributed by atoms with Crippen LogP contribution in [-0.2, 0) is 25.2 Å². The maximum Gasteiger partial charge on any atom is 0.240 e. The summed E-state index contributed by atoms with van der Waals surface area (Å²) in [5.41, 5.74) is -0.426. The number of halogens is 1. The van der Waals surface area contributed by atoms with Crippen LogP contribution < -0.4 is 10.0 Å². The topological polar surface area (TPSA) is 84.5 Å². The lowest BCUT2D eigenvalue weighted by Gasteiger charge is -2.29. The number of sulfonamides is 1. The standard InChI is InChI=1S/C18H21FN2O4S/c1-13(22)21-14-8-10-15(11-9-14)26(23,24)20-12-18(2,25-3)16-6-4-5-7-17(16)19/h4-11,20H,12H2,1-3H3,(H,21,22). The van der Waals surface area contributed by atoms with Crippen LogP contribution in [0, 0.1) is 5.82 Å². The first kappa shape index (κ1) is 20.0. The molecule has 0 saturated heterocycles. The number of methoxy groups -OCH3 is 1. The van der Waals surface area contributed by atoms with Crippen LogP contribution in [0.25, 0.3) is 0 Å². The van der Waals surface area contributed by atoms with Crippen molar-refractivity contribution in [3.05, 3.63) is 59.9 Å². The van der Waals surface area contributed by atoms with Crippen molar-refractivity contribution in [2.75, 3.05) is 19.0 Å². The molecule has 0 aliphatic heterocycles. The molecule has 0 fully saturated rings. The van der Waals surface area contributed by atoms with Gasteiger partial charge in [-0.3, -0.25) is 4.79 Å². The van der Waals surface area contributed by atoms with E-state index in [1.165, 1.54) is 44.4 Å². The molecule has 0 bridgehead atoms. The first-order valence-corrected chi connectivity index (χ1v) is 9.34. The van der Waals surface area contributed by atoms with Gasteiger partial charge >= 0.3 is 0 Å². The van der Waals surface area contributed by atoms with E-state index in [4.69, 9.17) is 4.74 Å². The molecule has 0 aliphatic carbocycles. The van der Waals surface area contributed by atoms with Gasteiger partial charge in [-0.2, -0.15) is 0 Å². The van der Waals surface area contributed by atoms with Crippen LogP contribution in [0.5, 0.6) is 0 Å². The maximum atomic E-state index is 14.1. The Morgan fingerprint density at radius 3 is 2.31 bits per heavy atom. The minimum Gasteiger partial charge on any atom is -0.372 e. The van der Waals surface area contributed by atoms with Crippen molar-refractivity contribution >= 4 is 21.6 Å². The smallest absolute Gasteiger partial charge is 0.240 e. The van der Waals surface area contributed by atoms with Gasteiger partial charge in [0.15, 0.2) is 0 Å². The van der Waals surface area contributed by atoms with Crippen LogP contribution in [0.1, 0.15) is 19.4 Å². The molecule has 2 aromatic rings. The molecule has 2 rings (SSSR count). The fraction of sp³-hybridized carbons (Fsp3) is 0.278. The number of benzene rings is 2. The molecule has 0 aromatic heterocycles. The van der Waals surface area contributed by atoms with Gasteiger partial charge in [0.05, 0.1) is 4.90 Å². The monoisotopic (exact) mass is 380 g/mol. The summed E-state index contributed by atoms with van der Waals surface area (Å²) in [5.74, 6) is -0.727. The molecular formula is C18H21FN2O4S. The van der Waals surface area contributed by atoms with E-state index in [9.17, 15) is 17.6 Å². The van der Waals surface area contributed by atoms with Crippen LogP contribution in [0.4, 0.5) is 10.1 Å². The summed E-state index contributed by atoms with van der Waals surface area (Å²) in [5, 5.41) is 2.56. The average Bonchev–Trinajstić information content (AvgIpc) is 2.60.